The van der Waals surface area contributed by atoms with Gasteiger partial charge in [0.25, 0.3) is 0 Å². The molecule has 6 nitrogen and oxygen atoms in total. The molecule has 0 aliphatic heterocycles. The van der Waals surface area contributed by atoms with E-state index in [1.165, 1.54) is 6.92 Å². The Morgan fingerprint density at radius 3 is 2.11 bits per heavy atom. The molecule has 0 aromatic heterocycles. The van der Waals surface area contributed by atoms with Crippen molar-refractivity contribution in [1.29, 1.82) is 0 Å². The SMILES string of the molecule is CCC(NC(C)=O)C(=O)N[C@H](CC(=O)O)CC(C)C. The second-order valence-corrected chi connectivity index (χ2v) is 5.09. The molecule has 0 saturated carbocycles. The lowest BCUT2D eigenvalue weighted by molar-refractivity contribution is -0.138. The second-order valence-electron chi connectivity index (χ2n) is 5.09. The fraction of sp³-hybridized carbons (Fsp3) is 0.769. The second kappa shape index (κ2) is 8.50. The van der Waals surface area contributed by atoms with Crippen LogP contribution in [0.5, 0.6) is 0 Å². The maximum atomic E-state index is 12.0. The Balaban J connectivity index is 4.57. The molecule has 0 spiro atoms. The van der Waals surface area contributed by atoms with Gasteiger partial charge < -0.3 is 15.7 Å². The van der Waals surface area contributed by atoms with Crippen molar-refractivity contribution in [2.45, 2.75) is 59.0 Å². The first-order chi connectivity index (χ1) is 8.76. The van der Waals surface area contributed by atoms with E-state index in [0.29, 0.717) is 12.8 Å². The highest BCUT2D eigenvalue weighted by Gasteiger charge is 2.22. The Morgan fingerprint density at radius 2 is 1.74 bits per heavy atom. The smallest absolute Gasteiger partial charge is 0.305 e. The predicted octanol–water partition coefficient (Wildman–Crippen LogP) is 0.907. The maximum absolute atomic E-state index is 12.0. The van der Waals surface area contributed by atoms with E-state index in [-0.39, 0.29) is 24.2 Å². The number of rotatable bonds is 8. The molecule has 0 rings (SSSR count). The van der Waals surface area contributed by atoms with E-state index >= 15 is 0 Å². The van der Waals surface area contributed by atoms with Crippen molar-refractivity contribution in [3.05, 3.63) is 0 Å². The third kappa shape index (κ3) is 8.18. The van der Waals surface area contributed by atoms with E-state index in [0.717, 1.165) is 0 Å². The largest absolute Gasteiger partial charge is 0.481 e. The van der Waals surface area contributed by atoms with Crippen LogP contribution >= 0.6 is 0 Å². The summed E-state index contributed by atoms with van der Waals surface area (Å²) >= 11 is 0. The molecular weight excluding hydrogens is 248 g/mol. The van der Waals surface area contributed by atoms with Gasteiger partial charge in [-0.15, -0.1) is 0 Å². The molecule has 3 N–H and O–H groups in total. The topological polar surface area (TPSA) is 95.5 Å². The zero-order chi connectivity index (χ0) is 15.0. The first-order valence-corrected chi connectivity index (χ1v) is 6.55. The maximum Gasteiger partial charge on any atom is 0.305 e. The van der Waals surface area contributed by atoms with E-state index < -0.39 is 18.1 Å². The van der Waals surface area contributed by atoms with Gasteiger partial charge in [0, 0.05) is 13.0 Å². The number of carboxylic acid groups (broad SMARTS) is 1. The lowest BCUT2D eigenvalue weighted by Gasteiger charge is -2.22. The predicted molar refractivity (Wildman–Crippen MR) is 71.5 cm³/mol. The standard InChI is InChI=1S/C13H24N2O4/c1-5-11(14-9(4)16)13(19)15-10(6-8(2)3)7-12(17)18/h8,10-11H,5-7H2,1-4H3,(H,14,16)(H,15,19)(H,17,18)/t10-,11?/m0/s1. The Morgan fingerprint density at radius 1 is 1.16 bits per heavy atom. The Bertz CT molecular complexity index is 329. The molecule has 0 aromatic rings. The number of nitrogens with one attached hydrogen (secondary N) is 2. The van der Waals surface area contributed by atoms with Gasteiger partial charge in [-0.05, 0) is 18.8 Å². The van der Waals surface area contributed by atoms with Crippen molar-refractivity contribution in [2.75, 3.05) is 0 Å². The molecule has 0 heterocycles. The number of hydrogen-bond donors (Lipinski definition) is 3. The van der Waals surface area contributed by atoms with Crippen LogP contribution in [0.1, 0.15) is 47.0 Å². The molecular formula is C13H24N2O4. The normalized spacial score (nSPS) is 13.7. The van der Waals surface area contributed by atoms with Crippen molar-refractivity contribution >= 4 is 17.8 Å². The Hall–Kier alpha value is -1.59. The average molecular weight is 272 g/mol. The summed E-state index contributed by atoms with van der Waals surface area (Å²) in [5, 5.41) is 14.1. The van der Waals surface area contributed by atoms with Gasteiger partial charge in [-0.25, -0.2) is 0 Å². The van der Waals surface area contributed by atoms with Crippen molar-refractivity contribution in [2.24, 2.45) is 5.92 Å². The monoisotopic (exact) mass is 272 g/mol. The van der Waals surface area contributed by atoms with Crippen LogP contribution in [0.15, 0.2) is 0 Å². The number of aliphatic carboxylic acids is 1. The molecule has 0 bridgehead atoms. The summed E-state index contributed by atoms with van der Waals surface area (Å²) in [6.07, 6.45) is 0.946. The quantitative estimate of drug-likeness (QED) is 0.612. The lowest BCUT2D eigenvalue weighted by Crippen LogP contribution is -2.49. The fourth-order valence-electron chi connectivity index (χ4n) is 1.87. The molecule has 0 fully saturated rings. The van der Waals surface area contributed by atoms with Crippen LogP contribution in [0.2, 0.25) is 0 Å². The van der Waals surface area contributed by atoms with Crippen LogP contribution in [0.3, 0.4) is 0 Å². The van der Waals surface area contributed by atoms with E-state index in [1.54, 1.807) is 6.92 Å². The van der Waals surface area contributed by atoms with E-state index in [1.807, 2.05) is 13.8 Å². The zero-order valence-corrected chi connectivity index (χ0v) is 12.0. The van der Waals surface area contributed by atoms with Crippen LogP contribution in [0.4, 0.5) is 0 Å². The number of amides is 2. The summed E-state index contributed by atoms with van der Waals surface area (Å²) in [5.41, 5.74) is 0. The minimum absolute atomic E-state index is 0.111. The highest BCUT2D eigenvalue weighted by molar-refractivity contribution is 5.87. The van der Waals surface area contributed by atoms with Crippen LogP contribution in [-0.2, 0) is 14.4 Å². The molecule has 2 amide bonds. The summed E-state index contributed by atoms with van der Waals surface area (Å²) < 4.78 is 0. The van der Waals surface area contributed by atoms with Gasteiger partial charge in [0.05, 0.1) is 6.42 Å². The zero-order valence-electron chi connectivity index (χ0n) is 12.0. The molecule has 6 heteroatoms. The molecule has 0 aliphatic carbocycles. The van der Waals surface area contributed by atoms with Crippen molar-refractivity contribution in [3.63, 3.8) is 0 Å². The van der Waals surface area contributed by atoms with Crippen LogP contribution in [-0.4, -0.2) is 35.0 Å². The van der Waals surface area contributed by atoms with Crippen LogP contribution < -0.4 is 10.6 Å². The summed E-state index contributed by atoms with van der Waals surface area (Å²) in [4.78, 5) is 33.7. The van der Waals surface area contributed by atoms with Crippen LogP contribution in [0, 0.1) is 5.92 Å². The first kappa shape index (κ1) is 17.4. The fourth-order valence-corrected chi connectivity index (χ4v) is 1.87. The molecule has 19 heavy (non-hydrogen) atoms. The van der Waals surface area contributed by atoms with E-state index in [9.17, 15) is 14.4 Å². The summed E-state index contributed by atoms with van der Waals surface area (Å²) in [6.45, 7) is 7.06. The summed E-state index contributed by atoms with van der Waals surface area (Å²) in [7, 11) is 0. The Kier molecular flexibility index (Phi) is 7.79. The summed E-state index contributed by atoms with van der Waals surface area (Å²) in [5.74, 6) is -1.27. The van der Waals surface area contributed by atoms with Gasteiger partial charge in [0.15, 0.2) is 0 Å². The van der Waals surface area contributed by atoms with Gasteiger partial charge in [-0.1, -0.05) is 20.8 Å². The van der Waals surface area contributed by atoms with Gasteiger partial charge in [0.2, 0.25) is 11.8 Å². The molecule has 0 saturated heterocycles. The number of hydrogen-bond acceptors (Lipinski definition) is 3. The minimum atomic E-state index is -0.946. The minimum Gasteiger partial charge on any atom is -0.481 e. The molecule has 0 aliphatic rings. The van der Waals surface area contributed by atoms with Gasteiger partial charge in [-0.3, -0.25) is 14.4 Å². The van der Waals surface area contributed by atoms with Crippen LogP contribution in [0.25, 0.3) is 0 Å². The number of carbonyl (C=O) groups excluding carboxylic acids is 2. The summed E-state index contributed by atoms with van der Waals surface area (Å²) in [6, 6.07) is -1.02. The molecule has 110 valence electrons. The number of carbonyl (C=O) groups is 3. The van der Waals surface area contributed by atoms with E-state index in [2.05, 4.69) is 10.6 Å². The highest BCUT2D eigenvalue weighted by Crippen LogP contribution is 2.08. The van der Waals surface area contributed by atoms with Crippen molar-refractivity contribution in [1.82, 2.24) is 10.6 Å². The average Bonchev–Trinajstić information content (AvgIpc) is 2.23. The molecule has 0 aromatic carbocycles. The Labute approximate surface area is 113 Å². The van der Waals surface area contributed by atoms with Crippen molar-refractivity contribution < 1.29 is 19.5 Å². The lowest BCUT2D eigenvalue weighted by atomic mass is 10.0. The molecule has 0 radical (unpaired) electrons. The molecule has 2 atom stereocenters. The third-order valence-corrected chi connectivity index (χ3v) is 2.63. The van der Waals surface area contributed by atoms with Gasteiger partial charge >= 0.3 is 5.97 Å². The molecule has 1 unspecified atom stereocenters. The van der Waals surface area contributed by atoms with E-state index in [4.69, 9.17) is 5.11 Å². The first-order valence-electron chi connectivity index (χ1n) is 6.55. The highest BCUT2D eigenvalue weighted by atomic mass is 16.4. The number of carboxylic acids is 1. The van der Waals surface area contributed by atoms with Crippen molar-refractivity contribution in [3.8, 4) is 0 Å². The van der Waals surface area contributed by atoms with Gasteiger partial charge in [0.1, 0.15) is 6.04 Å². The van der Waals surface area contributed by atoms with Gasteiger partial charge in [-0.2, -0.15) is 0 Å². The third-order valence-electron chi connectivity index (χ3n) is 2.63.